The minimum atomic E-state index is -0.192. The second-order valence-corrected chi connectivity index (χ2v) is 5.64. The van der Waals surface area contributed by atoms with Crippen LogP contribution in [0.5, 0.6) is 0 Å². The van der Waals surface area contributed by atoms with E-state index in [1.807, 2.05) is 30.5 Å². The number of halogens is 1. The molecule has 0 atom stereocenters. The zero-order valence-corrected chi connectivity index (χ0v) is 12.4. The van der Waals surface area contributed by atoms with Crippen molar-refractivity contribution in [3.05, 3.63) is 65.6 Å². The van der Waals surface area contributed by atoms with Crippen LogP contribution in [0.3, 0.4) is 0 Å². The summed E-state index contributed by atoms with van der Waals surface area (Å²) >= 11 is 0. The Bertz CT molecular complexity index is 1010. The van der Waals surface area contributed by atoms with Crippen molar-refractivity contribution in [2.75, 3.05) is 0 Å². The predicted octanol–water partition coefficient (Wildman–Crippen LogP) is 5.14. The third-order valence-electron chi connectivity index (χ3n) is 4.28. The fourth-order valence-electron chi connectivity index (χ4n) is 2.99. The van der Waals surface area contributed by atoms with Crippen LogP contribution in [0.25, 0.3) is 33.1 Å². The molecule has 108 valence electrons. The van der Waals surface area contributed by atoms with Crippen molar-refractivity contribution in [2.45, 2.75) is 13.8 Å². The summed E-state index contributed by atoms with van der Waals surface area (Å²) < 4.78 is 13.7. The van der Waals surface area contributed by atoms with Gasteiger partial charge in [0.2, 0.25) is 0 Å². The van der Waals surface area contributed by atoms with Gasteiger partial charge in [-0.1, -0.05) is 18.2 Å². The van der Waals surface area contributed by atoms with E-state index in [4.69, 9.17) is 4.98 Å². The molecule has 0 aliphatic carbocycles. The maximum Gasteiger partial charge on any atom is 0.128 e. The third kappa shape index (κ3) is 1.82. The van der Waals surface area contributed by atoms with Crippen LogP contribution in [0.4, 0.5) is 4.39 Å². The fraction of sp³-hybridized carbons (Fsp3) is 0.105. The van der Waals surface area contributed by atoms with Crippen molar-refractivity contribution in [3.8, 4) is 11.3 Å². The summed E-state index contributed by atoms with van der Waals surface area (Å²) in [4.78, 5) is 7.94. The maximum atomic E-state index is 13.7. The van der Waals surface area contributed by atoms with Crippen LogP contribution in [0.15, 0.2) is 48.7 Å². The van der Waals surface area contributed by atoms with Crippen molar-refractivity contribution >= 4 is 21.8 Å². The molecule has 0 aliphatic heterocycles. The molecule has 0 fully saturated rings. The first kappa shape index (κ1) is 13.0. The highest BCUT2D eigenvalue weighted by Gasteiger charge is 2.12. The van der Waals surface area contributed by atoms with Crippen LogP contribution in [0.2, 0.25) is 0 Å². The van der Waals surface area contributed by atoms with Gasteiger partial charge in [0.25, 0.3) is 0 Å². The van der Waals surface area contributed by atoms with Gasteiger partial charge in [-0.15, -0.1) is 0 Å². The molecule has 2 nitrogen and oxygen atoms in total. The molecular weight excluding hydrogens is 275 g/mol. The average molecular weight is 290 g/mol. The van der Waals surface area contributed by atoms with E-state index in [0.717, 1.165) is 33.1 Å². The zero-order chi connectivity index (χ0) is 15.3. The summed E-state index contributed by atoms with van der Waals surface area (Å²) in [5.74, 6) is -0.192. The van der Waals surface area contributed by atoms with Gasteiger partial charge in [0.05, 0.1) is 16.7 Å². The van der Waals surface area contributed by atoms with Gasteiger partial charge in [-0.3, -0.25) is 0 Å². The highest BCUT2D eigenvalue weighted by molar-refractivity contribution is 5.97. The largest absolute Gasteiger partial charge is 0.360 e. The highest BCUT2D eigenvalue weighted by atomic mass is 19.1. The molecule has 4 rings (SSSR count). The first-order valence-electron chi connectivity index (χ1n) is 7.28. The number of aryl methyl sites for hydroxylation is 2. The van der Waals surface area contributed by atoms with E-state index in [1.54, 1.807) is 6.92 Å². The number of pyridine rings is 1. The molecule has 0 saturated carbocycles. The minimum Gasteiger partial charge on any atom is -0.360 e. The number of benzene rings is 2. The van der Waals surface area contributed by atoms with Crippen LogP contribution in [-0.2, 0) is 0 Å². The number of aromatic amines is 1. The molecule has 0 spiro atoms. The lowest BCUT2D eigenvalue weighted by molar-refractivity contribution is 0.620. The molecule has 2 aromatic carbocycles. The van der Waals surface area contributed by atoms with E-state index in [-0.39, 0.29) is 5.82 Å². The first-order chi connectivity index (χ1) is 10.6. The van der Waals surface area contributed by atoms with Crippen LogP contribution in [-0.4, -0.2) is 9.97 Å². The van der Waals surface area contributed by atoms with Crippen LogP contribution < -0.4 is 0 Å². The van der Waals surface area contributed by atoms with Crippen molar-refractivity contribution in [3.63, 3.8) is 0 Å². The fourth-order valence-corrected chi connectivity index (χ4v) is 2.99. The Hall–Kier alpha value is -2.68. The summed E-state index contributed by atoms with van der Waals surface area (Å²) in [5.41, 5.74) is 5.57. The van der Waals surface area contributed by atoms with E-state index in [1.165, 1.54) is 11.6 Å². The Morgan fingerprint density at radius 1 is 0.955 bits per heavy atom. The molecule has 1 N–H and O–H groups in total. The van der Waals surface area contributed by atoms with Crippen LogP contribution in [0.1, 0.15) is 11.1 Å². The van der Waals surface area contributed by atoms with Gasteiger partial charge in [0, 0.05) is 28.1 Å². The first-order valence-corrected chi connectivity index (χ1v) is 7.28. The van der Waals surface area contributed by atoms with E-state index < -0.39 is 0 Å². The molecule has 3 heteroatoms. The number of rotatable bonds is 1. The Morgan fingerprint density at radius 2 is 1.77 bits per heavy atom. The smallest absolute Gasteiger partial charge is 0.128 e. The van der Waals surface area contributed by atoms with E-state index in [2.05, 4.69) is 24.0 Å². The second kappa shape index (κ2) is 4.67. The van der Waals surface area contributed by atoms with Gasteiger partial charge in [-0.05, 0) is 43.7 Å². The van der Waals surface area contributed by atoms with Crippen molar-refractivity contribution in [1.82, 2.24) is 9.97 Å². The lowest BCUT2D eigenvalue weighted by atomic mass is 10.0. The molecule has 2 aromatic heterocycles. The molecular formula is C19H15FN2. The maximum absolute atomic E-state index is 13.7. The predicted molar refractivity (Wildman–Crippen MR) is 88.5 cm³/mol. The molecule has 0 radical (unpaired) electrons. The SMILES string of the molecule is Cc1cccc2nc(-c3c[nH]c4c(C)c(F)ccc34)ccc12. The van der Waals surface area contributed by atoms with Gasteiger partial charge < -0.3 is 4.98 Å². The number of fused-ring (bicyclic) bond motifs is 2. The van der Waals surface area contributed by atoms with Gasteiger partial charge in [-0.25, -0.2) is 9.37 Å². The van der Waals surface area contributed by atoms with Gasteiger partial charge >= 0.3 is 0 Å². The Morgan fingerprint density at radius 3 is 2.64 bits per heavy atom. The van der Waals surface area contributed by atoms with Crippen LogP contribution >= 0.6 is 0 Å². The van der Waals surface area contributed by atoms with Crippen molar-refractivity contribution in [1.29, 1.82) is 0 Å². The quantitative estimate of drug-likeness (QED) is 0.516. The molecule has 0 aliphatic rings. The summed E-state index contributed by atoms with van der Waals surface area (Å²) in [6.07, 6.45) is 1.90. The summed E-state index contributed by atoms with van der Waals surface area (Å²) in [7, 11) is 0. The standard InChI is InChI=1S/C19H15FN2/c1-11-4-3-5-17-13(11)7-9-18(22-17)15-10-21-19-12(2)16(20)8-6-14(15)19/h3-10,21H,1-2H3. The lowest BCUT2D eigenvalue weighted by Gasteiger charge is -2.05. The number of hydrogen-bond acceptors (Lipinski definition) is 1. The Balaban J connectivity index is 1.97. The van der Waals surface area contributed by atoms with E-state index >= 15 is 0 Å². The Kier molecular flexibility index (Phi) is 2.76. The van der Waals surface area contributed by atoms with Gasteiger partial charge in [0.1, 0.15) is 5.82 Å². The van der Waals surface area contributed by atoms with E-state index in [0.29, 0.717) is 5.56 Å². The topological polar surface area (TPSA) is 28.7 Å². The molecule has 0 bridgehead atoms. The average Bonchev–Trinajstić information content (AvgIpc) is 2.95. The van der Waals surface area contributed by atoms with Crippen molar-refractivity contribution in [2.24, 2.45) is 0 Å². The number of H-pyrrole nitrogens is 1. The Labute approximate surface area is 127 Å². The molecule has 0 saturated heterocycles. The normalized spacial score (nSPS) is 11.4. The summed E-state index contributed by atoms with van der Waals surface area (Å²) in [6, 6.07) is 13.6. The molecule has 0 amide bonds. The number of aromatic nitrogens is 2. The third-order valence-corrected chi connectivity index (χ3v) is 4.28. The van der Waals surface area contributed by atoms with Gasteiger partial charge in [-0.2, -0.15) is 0 Å². The molecule has 2 heterocycles. The van der Waals surface area contributed by atoms with Crippen LogP contribution in [0, 0.1) is 19.7 Å². The summed E-state index contributed by atoms with van der Waals surface area (Å²) in [6.45, 7) is 3.87. The number of nitrogens with zero attached hydrogens (tertiary/aromatic N) is 1. The van der Waals surface area contributed by atoms with E-state index in [9.17, 15) is 4.39 Å². The lowest BCUT2D eigenvalue weighted by Crippen LogP contribution is -1.87. The summed E-state index contributed by atoms with van der Waals surface area (Å²) in [5, 5.41) is 2.16. The second-order valence-electron chi connectivity index (χ2n) is 5.64. The van der Waals surface area contributed by atoms with Gasteiger partial charge in [0.15, 0.2) is 0 Å². The number of hydrogen-bond donors (Lipinski definition) is 1. The molecule has 22 heavy (non-hydrogen) atoms. The monoisotopic (exact) mass is 290 g/mol. The highest BCUT2D eigenvalue weighted by Crippen LogP contribution is 2.31. The molecule has 4 aromatic rings. The zero-order valence-electron chi connectivity index (χ0n) is 12.4. The minimum absolute atomic E-state index is 0.192. The molecule has 0 unspecified atom stereocenters. The number of nitrogens with one attached hydrogen (secondary N) is 1. The van der Waals surface area contributed by atoms with Crippen molar-refractivity contribution < 1.29 is 4.39 Å².